The summed E-state index contributed by atoms with van der Waals surface area (Å²) < 4.78 is 63.2. The molecular weight excluding hydrogens is 319 g/mol. The lowest BCUT2D eigenvalue weighted by atomic mass is 10.4. The zero-order chi connectivity index (χ0) is 16.3. The van der Waals surface area contributed by atoms with Crippen molar-refractivity contribution in [3.8, 4) is 0 Å². The topological polar surface area (TPSA) is 83.6 Å². The maximum absolute atomic E-state index is 12.8. The van der Waals surface area contributed by atoms with Gasteiger partial charge in [0.25, 0.3) is 0 Å². The van der Waals surface area contributed by atoms with E-state index in [1.54, 1.807) is 13.8 Å². The molecule has 0 atom stereocenters. The summed E-state index contributed by atoms with van der Waals surface area (Å²) in [5.41, 5.74) is 0. The van der Waals surface area contributed by atoms with E-state index in [4.69, 9.17) is 0 Å². The molecule has 0 fully saturated rings. The van der Waals surface area contributed by atoms with Crippen molar-refractivity contribution in [2.24, 2.45) is 0 Å². The second-order valence-electron chi connectivity index (χ2n) is 4.82. The summed E-state index contributed by atoms with van der Waals surface area (Å²) in [6.07, 6.45) is 1.07. The smallest absolute Gasteiger partial charge is 0.212 e. The van der Waals surface area contributed by atoms with Crippen LogP contribution < -0.4 is 4.72 Å². The fraction of sp³-hybridized carbons (Fsp3) is 0.500. The van der Waals surface area contributed by atoms with Crippen LogP contribution in [0, 0.1) is 5.82 Å². The number of nitrogens with one attached hydrogen (secondary N) is 1. The van der Waals surface area contributed by atoms with Gasteiger partial charge in [-0.1, -0.05) is 0 Å². The molecule has 0 amide bonds. The van der Waals surface area contributed by atoms with Gasteiger partial charge in [-0.25, -0.2) is 25.9 Å². The molecule has 0 aliphatic carbocycles. The van der Waals surface area contributed by atoms with Gasteiger partial charge in [-0.3, -0.25) is 0 Å². The summed E-state index contributed by atoms with van der Waals surface area (Å²) in [5.74, 6) is -0.531. The zero-order valence-electron chi connectivity index (χ0n) is 12.1. The Morgan fingerprint density at radius 1 is 1.14 bits per heavy atom. The highest BCUT2D eigenvalue weighted by atomic mass is 32.2. The van der Waals surface area contributed by atoms with Crippen LogP contribution >= 0.6 is 0 Å². The SMILES string of the molecule is CC(C)N(CCNS(=O)(=O)c1ccc(F)cc1)S(C)(=O)=O. The van der Waals surface area contributed by atoms with E-state index in [1.165, 1.54) is 4.31 Å². The minimum absolute atomic E-state index is 0.0247. The molecule has 0 aliphatic heterocycles. The minimum Gasteiger partial charge on any atom is -0.212 e. The van der Waals surface area contributed by atoms with Crippen LogP contribution in [0.15, 0.2) is 29.2 Å². The third-order valence-corrected chi connectivity index (χ3v) is 5.68. The number of hydrogen-bond acceptors (Lipinski definition) is 4. The van der Waals surface area contributed by atoms with Crippen LogP contribution in [0.4, 0.5) is 4.39 Å². The van der Waals surface area contributed by atoms with E-state index in [-0.39, 0.29) is 24.0 Å². The van der Waals surface area contributed by atoms with Gasteiger partial charge in [0.15, 0.2) is 0 Å². The normalized spacial score (nSPS) is 13.0. The summed E-state index contributed by atoms with van der Waals surface area (Å²) in [5, 5.41) is 0. The highest BCUT2D eigenvalue weighted by Gasteiger charge is 2.21. The maximum Gasteiger partial charge on any atom is 0.240 e. The lowest BCUT2D eigenvalue weighted by molar-refractivity contribution is 0.360. The van der Waals surface area contributed by atoms with Gasteiger partial charge >= 0.3 is 0 Å². The van der Waals surface area contributed by atoms with Crippen LogP contribution in [0.1, 0.15) is 13.8 Å². The molecule has 0 saturated carbocycles. The minimum atomic E-state index is -3.78. The summed E-state index contributed by atoms with van der Waals surface area (Å²) in [7, 11) is -7.19. The van der Waals surface area contributed by atoms with E-state index in [0.29, 0.717) is 0 Å². The Morgan fingerprint density at radius 3 is 2.10 bits per heavy atom. The predicted octanol–water partition coefficient (Wildman–Crippen LogP) is 0.774. The first-order chi connectivity index (χ1) is 9.54. The molecule has 1 N–H and O–H groups in total. The average molecular weight is 338 g/mol. The fourth-order valence-electron chi connectivity index (χ4n) is 1.79. The van der Waals surface area contributed by atoms with Gasteiger partial charge in [0.1, 0.15) is 5.82 Å². The molecule has 9 heteroatoms. The van der Waals surface area contributed by atoms with Gasteiger partial charge in [-0.2, -0.15) is 4.31 Å². The lowest BCUT2D eigenvalue weighted by Gasteiger charge is -2.23. The summed E-state index contributed by atoms with van der Waals surface area (Å²) >= 11 is 0. The molecule has 0 aliphatic rings. The average Bonchev–Trinajstić information content (AvgIpc) is 2.33. The van der Waals surface area contributed by atoms with Crippen LogP contribution in [-0.4, -0.2) is 46.5 Å². The van der Waals surface area contributed by atoms with Crippen LogP contribution in [0.5, 0.6) is 0 Å². The second-order valence-corrected chi connectivity index (χ2v) is 8.52. The standard InChI is InChI=1S/C12H19FN2O4S2/c1-10(2)15(20(3,16)17)9-8-14-21(18,19)12-6-4-11(13)5-7-12/h4-7,10,14H,8-9H2,1-3H3. The Morgan fingerprint density at radius 2 is 1.67 bits per heavy atom. The van der Waals surface area contributed by atoms with E-state index in [0.717, 1.165) is 30.5 Å². The van der Waals surface area contributed by atoms with E-state index < -0.39 is 25.9 Å². The molecule has 6 nitrogen and oxygen atoms in total. The number of hydrogen-bond donors (Lipinski definition) is 1. The highest BCUT2D eigenvalue weighted by molar-refractivity contribution is 7.89. The van der Waals surface area contributed by atoms with Crippen molar-refractivity contribution >= 4 is 20.0 Å². The van der Waals surface area contributed by atoms with Crippen LogP contribution in [-0.2, 0) is 20.0 Å². The number of benzene rings is 1. The van der Waals surface area contributed by atoms with Crippen LogP contribution in [0.3, 0.4) is 0 Å². The van der Waals surface area contributed by atoms with Gasteiger partial charge in [-0.05, 0) is 38.1 Å². The number of nitrogens with zero attached hydrogens (tertiary/aromatic N) is 1. The second kappa shape index (κ2) is 6.82. The predicted molar refractivity (Wildman–Crippen MR) is 78.3 cm³/mol. The van der Waals surface area contributed by atoms with Crippen molar-refractivity contribution in [1.82, 2.24) is 9.03 Å². The van der Waals surface area contributed by atoms with Crippen molar-refractivity contribution in [2.75, 3.05) is 19.3 Å². The van der Waals surface area contributed by atoms with E-state index in [1.807, 2.05) is 0 Å². The third kappa shape index (κ3) is 5.34. The fourth-order valence-corrected chi connectivity index (χ4v) is 4.00. The maximum atomic E-state index is 12.8. The number of rotatable bonds is 7. The molecule has 0 saturated heterocycles. The van der Waals surface area contributed by atoms with Gasteiger partial charge in [0, 0.05) is 19.1 Å². The van der Waals surface area contributed by atoms with Crippen molar-refractivity contribution in [1.29, 1.82) is 0 Å². The molecule has 0 spiro atoms. The lowest BCUT2D eigenvalue weighted by Crippen LogP contribution is -2.41. The van der Waals surface area contributed by atoms with Gasteiger partial charge in [-0.15, -0.1) is 0 Å². The Hall–Kier alpha value is -1.03. The van der Waals surface area contributed by atoms with Crippen molar-refractivity contribution in [3.63, 3.8) is 0 Å². The molecule has 1 rings (SSSR count). The Bertz CT molecular complexity index is 670. The molecule has 0 bridgehead atoms. The van der Waals surface area contributed by atoms with Gasteiger partial charge in [0.2, 0.25) is 20.0 Å². The zero-order valence-corrected chi connectivity index (χ0v) is 13.7. The van der Waals surface area contributed by atoms with Crippen LogP contribution in [0.2, 0.25) is 0 Å². The first-order valence-electron chi connectivity index (χ1n) is 6.26. The summed E-state index contributed by atoms with van der Waals surface area (Å²) in [6.45, 7) is 3.37. The Labute approximate surface area is 125 Å². The molecule has 120 valence electrons. The van der Waals surface area contributed by atoms with E-state index in [2.05, 4.69) is 4.72 Å². The van der Waals surface area contributed by atoms with E-state index in [9.17, 15) is 21.2 Å². The van der Waals surface area contributed by atoms with E-state index >= 15 is 0 Å². The molecule has 0 unspecified atom stereocenters. The molecular formula is C12H19FN2O4S2. The molecule has 21 heavy (non-hydrogen) atoms. The first kappa shape index (κ1) is 18.0. The quantitative estimate of drug-likeness (QED) is 0.796. The summed E-state index contributed by atoms with van der Waals surface area (Å²) in [4.78, 5) is -0.0700. The molecule has 0 aromatic heterocycles. The summed E-state index contributed by atoms with van der Waals surface area (Å²) in [6, 6.07) is 4.12. The third-order valence-electron chi connectivity index (χ3n) is 2.75. The molecule has 0 heterocycles. The monoisotopic (exact) mass is 338 g/mol. The molecule has 1 aromatic carbocycles. The van der Waals surface area contributed by atoms with Crippen LogP contribution in [0.25, 0.3) is 0 Å². The van der Waals surface area contributed by atoms with Gasteiger partial charge in [0.05, 0.1) is 11.2 Å². The number of halogens is 1. The first-order valence-corrected chi connectivity index (χ1v) is 9.59. The Kier molecular flexibility index (Phi) is 5.85. The van der Waals surface area contributed by atoms with Gasteiger partial charge < -0.3 is 0 Å². The van der Waals surface area contributed by atoms with Crippen molar-refractivity contribution < 1.29 is 21.2 Å². The highest BCUT2D eigenvalue weighted by Crippen LogP contribution is 2.10. The number of sulfonamides is 2. The molecule has 0 radical (unpaired) electrons. The molecule has 1 aromatic rings. The largest absolute Gasteiger partial charge is 0.240 e. The van der Waals surface area contributed by atoms with Crippen molar-refractivity contribution in [3.05, 3.63) is 30.1 Å². The van der Waals surface area contributed by atoms with Crippen molar-refractivity contribution in [2.45, 2.75) is 24.8 Å². The Balaban J connectivity index is 2.72.